The number of ether oxygens (including phenoxy) is 1. The number of hydrogen-bond donors (Lipinski definition) is 2. The molecule has 2 N–H and O–H groups in total. The summed E-state index contributed by atoms with van der Waals surface area (Å²) in [5.41, 5.74) is 2.10. The molecule has 1 rings (SSSR count). The Bertz CT molecular complexity index is 386. The molecule has 0 aromatic heterocycles. The van der Waals surface area contributed by atoms with Crippen LogP contribution in [0.5, 0.6) is 5.75 Å². The van der Waals surface area contributed by atoms with Crippen LogP contribution in [0.25, 0.3) is 0 Å². The van der Waals surface area contributed by atoms with Gasteiger partial charge in [0, 0.05) is 12.0 Å². The zero-order valence-electron chi connectivity index (χ0n) is 12.1. The zero-order valence-corrected chi connectivity index (χ0v) is 12.1. The van der Waals surface area contributed by atoms with Crippen molar-refractivity contribution in [3.63, 3.8) is 0 Å². The van der Waals surface area contributed by atoms with Gasteiger partial charge in [0.1, 0.15) is 5.75 Å². The second kappa shape index (κ2) is 6.21. The van der Waals surface area contributed by atoms with Crippen LogP contribution in [-0.4, -0.2) is 30.4 Å². The predicted octanol–water partition coefficient (Wildman–Crippen LogP) is 2.43. The lowest BCUT2D eigenvalue weighted by Gasteiger charge is -2.30. The Kier molecular flexibility index (Phi) is 5.17. The average molecular weight is 251 g/mol. The molecule has 0 saturated carbocycles. The summed E-state index contributed by atoms with van der Waals surface area (Å²) in [5, 5.41) is 12.5. The fourth-order valence-corrected chi connectivity index (χ4v) is 2.07. The zero-order chi connectivity index (χ0) is 13.8. The van der Waals surface area contributed by atoms with Crippen molar-refractivity contribution in [3.8, 4) is 5.75 Å². The van der Waals surface area contributed by atoms with Gasteiger partial charge in [-0.15, -0.1) is 0 Å². The number of hydrogen-bond acceptors (Lipinski definition) is 3. The first-order valence-corrected chi connectivity index (χ1v) is 6.44. The van der Waals surface area contributed by atoms with Gasteiger partial charge in [-0.25, -0.2) is 0 Å². The van der Waals surface area contributed by atoms with Gasteiger partial charge in [-0.05, 0) is 46.4 Å². The van der Waals surface area contributed by atoms with E-state index in [1.807, 2.05) is 27.0 Å². The monoisotopic (exact) mass is 251 g/mol. The van der Waals surface area contributed by atoms with E-state index in [0.717, 1.165) is 17.7 Å². The summed E-state index contributed by atoms with van der Waals surface area (Å²) in [7, 11) is 1.86. The Morgan fingerprint density at radius 3 is 2.56 bits per heavy atom. The minimum absolute atomic E-state index is 0.0519. The molecule has 0 aliphatic heterocycles. The van der Waals surface area contributed by atoms with Crippen molar-refractivity contribution >= 4 is 0 Å². The highest BCUT2D eigenvalue weighted by Crippen LogP contribution is 2.22. The van der Waals surface area contributed by atoms with Gasteiger partial charge in [0.05, 0.1) is 12.7 Å². The molecule has 0 saturated heterocycles. The molecule has 102 valence electrons. The summed E-state index contributed by atoms with van der Waals surface area (Å²) in [5.74, 6) is 0.921. The number of aryl methyl sites for hydroxylation is 2. The molecule has 18 heavy (non-hydrogen) atoms. The van der Waals surface area contributed by atoms with Gasteiger partial charge in [0.15, 0.2) is 0 Å². The minimum atomic E-state index is -0.294. The first kappa shape index (κ1) is 15.0. The highest BCUT2D eigenvalue weighted by Gasteiger charge is 2.24. The Labute approximate surface area is 110 Å². The van der Waals surface area contributed by atoms with Crippen LogP contribution in [0.15, 0.2) is 18.2 Å². The van der Waals surface area contributed by atoms with Crippen molar-refractivity contribution in [2.75, 3.05) is 13.7 Å². The molecule has 1 aromatic carbocycles. The SMILES string of the molecule is CNC(C)(CO)CC(C)Oc1ccc(C)cc1C. The molecular formula is C15H25NO2. The second-order valence-electron chi connectivity index (χ2n) is 5.37. The van der Waals surface area contributed by atoms with Crippen LogP contribution in [0.4, 0.5) is 0 Å². The summed E-state index contributed by atoms with van der Waals surface area (Å²) in [6, 6.07) is 6.18. The molecule has 0 radical (unpaired) electrons. The van der Waals surface area contributed by atoms with Gasteiger partial charge in [0.25, 0.3) is 0 Å². The van der Waals surface area contributed by atoms with E-state index in [0.29, 0.717) is 0 Å². The van der Waals surface area contributed by atoms with E-state index in [4.69, 9.17) is 4.74 Å². The maximum atomic E-state index is 9.37. The Balaban J connectivity index is 2.67. The molecule has 0 bridgehead atoms. The van der Waals surface area contributed by atoms with Crippen molar-refractivity contribution < 1.29 is 9.84 Å². The van der Waals surface area contributed by atoms with Gasteiger partial charge >= 0.3 is 0 Å². The molecular weight excluding hydrogens is 226 g/mol. The molecule has 0 aliphatic rings. The highest BCUT2D eigenvalue weighted by atomic mass is 16.5. The number of rotatable bonds is 6. The maximum Gasteiger partial charge on any atom is 0.122 e. The van der Waals surface area contributed by atoms with E-state index in [9.17, 15) is 5.11 Å². The smallest absolute Gasteiger partial charge is 0.122 e. The third-order valence-electron chi connectivity index (χ3n) is 3.35. The Hall–Kier alpha value is -1.06. The molecule has 0 heterocycles. The first-order valence-electron chi connectivity index (χ1n) is 6.44. The summed E-state index contributed by atoms with van der Waals surface area (Å²) in [6.45, 7) is 8.26. The lowest BCUT2D eigenvalue weighted by Crippen LogP contribution is -2.46. The third kappa shape index (κ3) is 4.00. The van der Waals surface area contributed by atoms with Gasteiger partial charge in [-0.3, -0.25) is 0 Å². The lowest BCUT2D eigenvalue weighted by atomic mass is 9.96. The number of aliphatic hydroxyl groups excluding tert-OH is 1. The van der Waals surface area contributed by atoms with Gasteiger partial charge in [0.2, 0.25) is 0 Å². The summed E-state index contributed by atoms with van der Waals surface area (Å²) in [6.07, 6.45) is 0.809. The number of likely N-dealkylation sites (N-methyl/N-ethyl adjacent to an activating group) is 1. The van der Waals surface area contributed by atoms with Crippen LogP contribution in [0.3, 0.4) is 0 Å². The number of benzene rings is 1. The van der Waals surface area contributed by atoms with Crippen LogP contribution in [0.2, 0.25) is 0 Å². The molecule has 2 unspecified atom stereocenters. The topological polar surface area (TPSA) is 41.5 Å². The average Bonchev–Trinajstić information content (AvgIpc) is 2.32. The normalized spacial score (nSPS) is 16.1. The summed E-state index contributed by atoms with van der Waals surface area (Å²) in [4.78, 5) is 0. The second-order valence-corrected chi connectivity index (χ2v) is 5.37. The van der Waals surface area contributed by atoms with Crippen LogP contribution in [0.1, 0.15) is 31.4 Å². The predicted molar refractivity (Wildman–Crippen MR) is 75.2 cm³/mol. The van der Waals surface area contributed by atoms with Crippen LogP contribution in [-0.2, 0) is 0 Å². The van der Waals surface area contributed by atoms with Crippen molar-refractivity contribution in [2.24, 2.45) is 0 Å². The van der Waals surface area contributed by atoms with E-state index in [-0.39, 0.29) is 18.2 Å². The van der Waals surface area contributed by atoms with Gasteiger partial charge < -0.3 is 15.2 Å². The van der Waals surface area contributed by atoms with E-state index < -0.39 is 0 Å². The first-order chi connectivity index (χ1) is 8.40. The van der Waals surface area contributed by atoms with Crippen LogP contribution >= 0.6 is 0 Å². The summed E-state index contributed by atoms with van der Waals surface area (Å²) < 4.78 is 5.95. The van der Waals surface area contributed by atoms with Crippen molar-refractivity contribution in [3.05, 3.63) is 29.3 Å². The Morgan fingerprint density at radius 2 is 2.06 bits per heavy atom. The molecule has 2 atom stereocenters. The van der Waals surface area contributed by atoms with Crippen molar-refractivity contribution in [2.45, 2.75) is 45.8 Å². The number of aliphatic hydroxyl groups is 1. The Morgan fingerprint density at radius 1 is 1.39 bits per heavy atom. The van der Waals surface area contributed by atoms with Crippen LogP contribution in [0, 0.1) is 13.8 Å². The lowest BCUT2D eigenvalue weighted by molar-refractivity contribution is 0.115. The van der Waals surface area contributed by atoms with E-state index in [1.165, 1.54) is 5.56 Å². The minimum Gasteiger partial charge on any atom is -0.490 e. The standard InChI is InChI=1S/C15H25NO2/c1-11-6-7-14(12(2)8-11)18-13(3)9-15(4,10-17)16-5/h6-8,13,16-17H,9-10H2,1-5H3. The third-order valence-corrected chi connectivity index (χ3v) is 3.35. The maximum absolute atomic E-state index is 9.37. The van der Waals surface area contributed by atoms with Gasteiger partial charge in [-0.1, -0.05) is 17.7 Å². The molecule has 3 heteroatoms. The van der Waals surface area contributed by atoms with E-state index in [1.54, 1.807) is 0 Å². The van der Waals surface area contributed by atoms with Crippen molar-refractivity contribution in [1.29, 1.82) is 0 Å². The number of nitrogens with one attached hydrogen (secondary N) is 1. The summed E-state index contributed by atoms with van der Waals surface area (Å²) >= 11 is 0. The molecule has 0 amide bonds. The van der Waals surface area contributed by atoms with E-state index >= 15 is 0 Å². The quantitative estimate of drug-likeness (QED) is 0.816. The largest absolute Gasteiger partial charge is 0.490 e. The molecule has 3 nitrogen and oxygen atoms in total. The highest BCUT2D eigenvalue weighted by molar-refractivity contribution is 5.35. The molecule has 0 spiro atoms. The fourth-order valence-electron chi connectivity index (χ4n) is 2.07. The molecule has 0 fully saturated rings. The molecule has 0 aliphatic carbocycles. The van der Waals surface area contributed by atoms with Crippen molar-refractivity contribution in [1.82, 2.24) is 5.32 Å². The van der Waals surface area contributed by atoms with Gasteiger partial charge in [-0.2, -0.15) is 0 Å². The van der Waals surface area contributed by atoms with Crippen LogP contribution < -0.4 is 10.1 Å². The molecule has 1 aromatic rings. The fraction of sp³-hybridized carbons (Fsp3) is 0.600. The van der Waals surface area contributed by atoms with E-state index in [2.05, 4.69) is 31.3 Å².